The van der Waals surface area contributed by atoms with Crippen molar-refractivity contribution < 1.29 is 19.1 Å². The minimum absolute atomic E-state index is 0.330. The Balaban J connectivity index is 1.95. The van der Waals surface area contributed by atoms with Crippen LogP contribution in [0, 0.1) is 6.92 Å². The normalized spacial score (nSPS) is 10.7. The van der Waals surface area contributed by atoms with Crippen molar-refractivity contribution in [3.8, 4) is 11.5 Å². The summed E-state index contributed by atoms with van der Waals surface area (Å²) in [6.45, 7) is 6.97. The van der Waals surface area contributed by atoms with Crippen LogP contribution in [0.2, 0.25) is 0 Å². The van der Waals surface area contributed by atoms with Crippen LogP contribution in [-0.4, -0.2) is 31.2 Å². The first-order valence-electron chi connectivity index (χ1n) is 10.2. The maximum Gasteiger partial charge on any atom is 0.249 e. The van der Waals surface area contributed by atoms with Gasteiger partial charge in [0.1, 0.15) is 6.42 Å². The molecule has 2 amide bonds. The highest BCUT2D eigenvalue weighted by molar-refractivity contribution is 9.10. The highest BCUT2D eigenvalue weighted by Crippen LogP contribution is 2.36. The van der Waals surface area contributed by atoms with E-state index in [1.54, 1.807) is 12.1 Å². The number of amides is 2. The molecule has 0 atom stereocenters. The van der Waals surface area contributed by atoms with Crippen molar-refractivity contribution in [1.29, 1.82) is 0 Å². The number of anilines is 1. The third-order valence-corrected chi connectivity index (χ3v) is 4.81. The molecular formula is C23H28BrN3O4. The summed E-state index contributed by atoms with van der Waals surface area (Å²) in [6.07, 6.45) is 3.14. The monoisotopic (exact) mass is 489 g/mol. The lowest BCUT2D eigenvalue weighted by molar-refractivity contribution is -0.126. The topological polar surface area (TPSA) is 89.0 Å². The second kappa shape index (κ2) is 12.7. The summed E-state index contributed by atoms with van der Waals surface area (Å²) in [5.41, 5.74) is 4.69. The van der Waals surface area contributed by atoms with Gasteiger partial charge in [0.2, 0.25) is 11.8 Å². The molecule has 2 rings (SSSR count). The molecule has 0 aromatic heterocycles. The van der Waals surface area contributed by atoms with Crippen LogP contribution in [-0.2, 0) is 9.59 Å². The third-order valence-electron chi connectivity index (χ3n) is 4.22. The zero-order valence-corrected chi connectivity index (χ0v) is 19.6. The minimum Gasteiger partial charge on any atom is -0.490 e. The summed E-state index contributed by atoms with van der Waals surface area (Å²) in [6, 6.07) is 11.0. The molecule has 0 aliphatic heterocycles. The van der Waals surface area contributed by atoms with E-state index in [2.05, 4.69) is 38.7 Å². The smallest absolute Gasteiger partial charge is 0.249 e. The molecule has 2 N–H and O–H groups in total. The number of para-hydroxylation sites is 1. The van der Waals surface area contributed by atoms with Gasteiger partial charge in [-0.05, 0) is 65.5 Å². The number of hydrogen-bond acceptors (Lipinski definition) is 5. The molecule has 8 heteroatoms. The number of hydrazone groups is 1. The lowest BCUT2D eigenvalue weighted by Crippen LogP contribution is -2.24. The van der Waals surface area contributed by atoms with E-state index in [9.17, 15) is 9.59 Å². The molecule has 0 spiro atoms. The van der Waals surface area contributed by atoms with Gasteiger partial charge < -0.3 is 14.8 Å². The number of carbonyl (C=O) groups excluding carboxylic acids is 2. The Morgan fingerprint density at radius 2 is 1.90 bits per heavy atom. The summed E-state index contributed by atoms with van der Waals surface area (Å²) in [5, 5.41) is 6.66. The lowest BCUT2D eigenvalue weighted by atomic mass is 10.2. The summed E-state index contributed by atoms with van der Waals surface area (Å²) < 4.78 is 12.2. The first-order valence-corrected chi connectivity index (χ1v) is 11.0. The Labute approximate surface area is 191 Å². The minimum atomic E-state index is -0.508. The van der Waals surface area contributed by atoms with E-state index in [4.69, 9.17) is 9.47 Å². The number of unbranched alkanes of at least 4 members (excludes halogenated alkanes) is 1. The molecule has 0 aliphatic rings. The Bertz CT molecular complexity index is 931. The molecule has 0 radical (unpaired) electrons. The van der Waals surface area contributed by atoms with Crippen LogP contribution in [0.25, 0.3) is 0 Å². The van der Waals surface area contributed by atoms with E-state index >= 15 is 0 Å². The summed E-state index contributed by atoms with van der Waals surface area (Å²) >= 11 is 3.50. The van der Waals surface area contributed by atoms with Gasteiger partial charge in [0.05, 0.1) is 23.9 Å². The van der Waals surface area contributed by atoms with Gasteiger partial charge in [0.15, 0.2) is 11.5 Å². The molecule has 0 unspecified atom stereocenters. The number of hydrogen-bond donors (Lipinski definition) is 2. The fourth-order valence-electron chi connectivity index (χ4n) is 2.66. The number of nitrogens with one attached hydrogen (secondary N) is 2. The van der Waals surface area contributed by atoms with Crippen LogP contribution >= 0.6 is 15.9 Å². The van der Waals surface area contributed by atoms with Crippen molar-refractivity contribution in [1.82, 2.24) is 5.43 Å². The van der Waals surface area contributed by atoms with E-state index in [-0.39, 0.29) is 6.42 Å². The van der Waals surface area contributed by atoms with Crippen molar-refractivity contribution >= 4 is 39.6 Å². The predicted molar refractivity (Wildman–Crippen MR) is 126 cm³/mol. The second-order valence-electron chi connectivity index (χ2n) is 6.80. The molecule has 166 valence electrons. The zero-order chi connectivity index (χ0) is 22.6. The van der Waals surface area contributed by atoms with Crippen LogP contribution in [0.3, 0.4) is 0 Å². The fraction of sp³-hybridized carbons (Fsp3) is 0.348. The van der Waals surface area contributed by atoms with Gasteiger partial charge in [-0.1, -0.05) is 31.5 Å². The summed E-state index contributed by atoms with van der Waals surface area (Å²) in [5.74, 6) is 0.325. The number of nitrogens with zero attached hydrogens (tertiary/aromatic N) is 1. The average molecular weight is 490 g/mol. The number of rotatable bonds is 11. The van der Waals surface area contributed by atoms with E-state index in [0.717, 1.165) is 22.9 Å². The molecule has 7 nitrogen and oxygen atoms in total. The molecule has 2 aromatic rings. The highest BCUT2D eigenvalue weighted by Gasteiger charge is 2.12. The van der Waals surface area contributed by atoms with E-state index < -0.39 is 11.8 Å². The molecule has 31 heavy (non-hydrogen) atoms. The SMILES string of the molecule is CCCCOc1c(Br)cc(C=NNC(=O)CC(=O)Nc2ccccc2C)cc1OCC. The zero-order valence-electron chi connectivity index (χ0n) is 18.0. The molecule has 0 saturated carbocycles. The van der Waals surface area contributed by atoms with Gasteiger partial charge in [-0.2, -0.15) is 5.10 Å². The lowest BCUT2D eigenvalue weighted by Gasteiger charge is -2.14. The number of carbonyl (C=O) groups is 2. The van der Waals surface area contributed by atoms with E-state index in [0.29, 0.717) is 36.0 Å². The molecule has 2 aromatic carbocycles. The number of aryl methyl sites for hydroxylation is 1. The average Bonchev–Trinajstić information content (AvgIpc) is 2.72. The van der Waals surface area contributed by atoms with Gasteiger partial charge in [0.25, 0.3) is 0 Å². The number of ether oxygens (including phenoxy) is 2. The van der Waals surface area contributed by atoms with Crippen molar-refractivity contribution in [2.45, 2.75) is 40.0 Å². The third kappa shape index (κ3) is 8.05. The van der Waals surface area contributed by atoms with Crippen LogP contribution in [0.1, 0.15) is 44.2 Å². The molecule has 0 heterocycles. The highest BCUT2D eigenvalue weighted by atomic mass is 79.9. The molecule has 0 bridgehead atoms. The van der Waals surface area contributed by atoms with Crippen LogP contribution < -0.4 is 20.2 Å². The Kier molecular flexibility index (Phi) is 10.0. The van der Waals surface area contributed by atoms with E-state index in [1.807, 2.05) is 38.1 Å². The van der Waals surface area contributed by atoms with Crippen molar-refractivity contribution in [2.75, 3.05) is 18.5 Å². The van der Waals surface area contributed by atoms with Crippen LogP contribution in [0.5, 0.6) is 11.5 Å². The molecule has 0 saturated heterocycles. The van der Waals surface area contributed by atoms with Gasteiger partial charge in [-0.25, -0.2) is 5.43 Å². The summed E-state index contributed by atoms with van der Waals surface area (Å²) in [7, 11) is 0. The van der Waals surface area contributed by atoms with Gasteiger partial charge in [-0.3, -0.25) is 9.59 Å². The predicted octanol–water partition coefficient (Wildman–Crippen LogP) is 4.81. The Morgan fingerprint density at radius 1 is 1.13 bits per heavy atom. The Morgan fingerprint density at radius 3 is 2.61 bits per heavy atom. The maximum absolute atomic E-state index is 12.1. The largest absolute Gasteiger partial charge is 0.490 e. The van der Waals surface area contributed by atoms with Crippen molar-refractivity contribution in [2.24, 2.45) is 5.10 Å². The second-order valence-corrected chi connectivity index (χ2v) is 7.65. The first kappa shape index (κ1) is 24.4. The molecule has 0 fully saturated rings. The fourth-order valence-corrected chi connectivity index (χ4v) is 3.23. The van der Waals surface area contributed by atoms with E-state index in [1.165, 1.54) is 6.21 Å². The maximum atomic E-state index is 12.1. The van der Waals surface area contributed by atoms with Crippen LogP contribution in [0.4, 0.5) is 5.69 Å². The van der Waals surface area contributed by atoms with Gasteiger partial charge in [0, 0.05) is 5.69 Å². The summed E-state index contributed by atoms with van der Waals surface area (Å²) in [4.78, 5) is 24.1. The first-order chi connectivity index (χ1) is 14.9. The van der Waals surface area contributed by atoms with Crippen molar-refractivity contribution in [3.05, 3.63) is 52.0 Å². The van der Waals surface area contributed by atoms with Gasteiger partial charge in [-0.15, -0.1) is 0 Å². The number of benzene rings is 2. The quantitative estimate of drug-likeness (QED) is 0.205. The standard InChI is InChI=1S/C23H28BrN3O4/c1-4-6-11-31-23-18(24)12-17(13-20(23)30-5-2)15-25-27-22(29)14-21(28)26-19-10-8-7-9-16(19)3/h7-10,12-13,15H,4-6,11,14H2,1-3H3,(H,26,28)(H,27,29). The number of halogens is 1. The molecule has 0 aliphatic carbocycles. The Hall–Kier alpha value is -2.87. The van der Waals surface area contributed by atoms with Crippen LogP contribution in [0.15, 0.2) is 46.0 Å². The molecular weight excluding hydrogens is 462 g/mol. The van der Waals surface area contributed by atoms with Crippen molar-refractivity contribution in [3.63, 3.8) is 0 Å². The van der Waals surface area contributed by atoms with Gasteiger partial charge >= 0.3 is 0 Å².